The Balaban J connectivity index is 1.48. The van der Waals surface area contributed by atoms with Crippen LogP contribution in [0.15, 0.2) is 30.3 Å². The van der Waals surface area contributed by atoms with Crippen molar-refractivity contribution in [2.75, 3.05) is 6.54 Å². The van der Waals surface area contributed by atoms with E-state index in [9.17, 15) is 9.59 Å². The molecule has 4 aliphatic carbocycles. The summed E-state index contributed by atoms with van der Waals surface area (Å²) < 4.78 is 0. The van der Waals surface area contributed by atoms with Gasteiger partial charge in [-0.05, 0) is 75.7 Å². The maximum atomic E-state index is 13.5. The van der Waals surface area contributed by atoms with Crippen LogP contribution in [0.25, 0.3) is 0 Å². The number of nitrogens with one attached hydrogen (secondary N) is 2. The largest absolute Gasteiger partial charge is 0.352 e. The van der Waals surface area contributed by atoms with Crippen LogP contribution in [-0.2, 0) is 16.0 Å². The molecular formula is C24H35N3O2. The second kappa shape index (κ2) is 7.75. The van der Waals surface area contributed by atoms with Crippen molar-refractivity contribution in [1.29, 1.82) is 0 Å². The zero-order valence-corrected chi connectivity index (χ0v) is 17.7. The van der Waals surface area contributed by atoms with Crippen LogP contribution in [-0.4, -0.2) is 29.9 Å². The molecule has 0 spiro atoms. The molecule has 4 fully saturated rings. The van der Waals surface area contributed by atoms with E-state index in [1.54, 1.807) is 0 Å². The molecule has 4 bridgehead atoms. The molecule has 2 amide bonds. The number of carbonyl (C=O) groups excluding carboxylic acids is 2. The fourth-order valence-corrected chi connectivity index (χ4v) is 6.20. The van der Waals surface area contributed by atoms with E-state index in [2.05, 4.69) is 10.6 Å². The van der Waals surface area contributed by atoms with Crippen molar-refractivity contribution >= 4 is 11.8 Å². The molecule has 5 rings (SSSR count). The van der Waals surface area contributed by atoms with Gasteiger partial charge >= 0.3 is 0 Å². The highest BCUT2D eigenvalue weighted by Gasteiger charge is 2.54. The Labute approximate surface area is 174 Å². The Hall–Kier alpha value is -1.88. The van der Waals surface area contributed by atoms with E-state index in [0.29, 0.717) is 30.7 Å². The summed E-state index contributed by atoms with van der Waals surface area (Å²) in [5.74, 6) is 2.05. The smallest absolute Gasteiger partial charge is 0.242 e. The normalized spacial score (nSPS) is 31.3. The minimum Gasteiger partial charge on any atom is -0.352 e. The molecule has 0 aliphatic heterocycles. The second-order valence-electron chi connectivity index (χ2n) is 10.6. The van der Waals surface area contributed by atoms with Crippen molar-refractivity contribution < 1.29 is 9.59 Å². The summed E-state index contributed by atoms with van der Waals surface area (Å²) in [5, 5.41) is 6.11. The van der Waals surface area contributed by atoms with Gasteiger partial charge in [-0.2, -0.15) is 0 Å². The molecule has 1 aromatic rings. The number of benzene rings is 1. The molecular weight excluding hydrogens is 362 g/mol. The second-order valence-corrected chi connectivity index (χ2v) is 10.6. The lowest BCUT2D eigenvalue weighted by molar-refractivity contribution is -0.148. The van der Waals surface area contributed by atoms with E-state index >= 15 is 0 Å². The van der Waals surface area contributed by atoms with E-state index in [-0.39, 0.29) is 17.2 Å². The van der Waals surface area contributed by atoms with Crippen LogP contribution in [0.4, 0.5) is 0 Å². The summed E-state index contributed by atoms with van der Waals surface area (Å²) in [6.07, 6.45) is 7.39. The first-order valence-corrected chi connectivity index (χ1v) is 11.1. The maximum absolute atomic E-state index is 13.5. The minimum absolute atomic E-state index is 0.0969. The number of hydrogen-bond acceptors (Lipinski definition) is 3. The number of nitrogens with two attached hydrogens (primary N) is 1. The predicted molar refractivity (Wildman–Crippen MR) is 114 cm³/mol. The van der Waals surface area contributed by atoms with Crippen LogP contribution in [0.5, 0.6) is 0 Å². The molecule has 5 nitrogen and oxygen atoms in total. The van der Waals surface area contributed by atoms with Crippen LogP contribution in [0.2, 0.25) is 0 Å². The fraction of sp³-hybridized carbons (Fsp3) is 0.667. The van der Waals surface area contributed by atoms with Crippen molar-refractivity contribution in [3.63, 3.8) is 0 Å². The third-order valence-electron chi connectivity index (χ3n) is 7.14. The van der Waals surface area contributed by atoms with Gasteiger partial charge < -0.3 is 16.4 Å². The molecule has 1 aromatic carbocycles. The average Bonchev–Trinajstić information content (AvgIpc) is 2.64. The van der Waals surface area contributed by atoms with Crippen LogP contribution in [0.1, 0.15) is 57.9 Å². The third kappa shape index (κ3) is 4.66. The zero-order valence-electron chi connectivity index (χ0n) is 17.7. The molecule has 5 heteroatoms. The number of amides is 2. The summed E-state index contributed by atoms with van der Waals surface area (Å²) in [5.41, 5.74) is 6.34. The molecule has 4 aliphatic rings. The lowest BCUT2D eigenvalue weighted by Crippen LogP contribution is -2.58. The van der Waals surface area contributed by atoms with Gasteiger partial charge in [0.1, 0.15) is 6.04 Å². The van der Waals surface area contributed by atoms with Gasteiger partial charge in [0.05, 0.1) is 0 Å². The Morgan fingerprint density at radius 3 is 2.14 bits per heavy atom. The van der Waals surface area contributed by atoms with Gasteiger partial charge in [0, 0.05) is 23.9 Å². The van der Waals surface area contributed by atoms with Gasteiger partial charge in [-0.15, -0.1) is 0 Å². The van der Waals surface area contributed by atoms with E-state index in [4.69, 9.17) is 5.73 Å². The zero-order chi connectivity index (χ0) is 20.6. The van der Waals surface area contributed by atoms with E-state index < -0.39 is 11.6 Å². The molecule has 1 unspecified atom stereocenters. The van der Waals surface area contributed by atoms with Gasteiger partial charge in [-0.3, -0.25) is 9.59 Å². The highest BCUT2D eigenvalue weighted by atomic mass is 16.2. The van der Waals surface area contributed by atoms with Gasteiger partial charge in [0.25, 0.3) is 0 Å². The lowest BCUT2D eigenvalue weighted by Gasteiger charge is -2.55. The summed E-state index contributed by atoms with van der Waals surface area (Å²) >= 11 is 0. The number of rotatable bonds is 7. The van der Waals surface area contributed by atoms with Gasteiger partial charge in [-0.1, -0.05) is 30.3 Å². The van der Waals surface area contributed by atoms with Gasteiger partial charge in [0.15, 0.2) is 0 Å². The Bertz CT molecular complexity index is 718. The van der Waals surface area contributed by atoms with Crippen molar-refractivity contribution in [2.45, 2.75) is 70.4 Å². The maximum Gasteiger partial charge on any atom is 0.242 e. The van der Waals surface area contributed by atoms with Crippen LogP contribution in [0.3, 0.4) is 0 Å². The number of hydrogen-bond donors (Lipinski definition) is 3. The quantitative estimate of drug-likeness (QED) is 0.661. The van der Waals surface area contributed by atoms with Crippen molar-refractivity contribution in [3.05, 3.63) is 35.9 Å². The molecule has 4 saturated carbocycles. The summed E-state index contributed by atoms with van der Waals surface area (Å²) in [7, 11) is 0. The van der Waals surface area contributed by atoms with Crippen LogP contribution >= 0.6 is 0 Å². The summed E-state index contributed by atoms with van der Waals surface area (Å²) in [6.45, 7) is 4.14. The molecule has 0 heterocycles. The molecule has 29 heavy (non-hydrogen) atoms. The van der Waals surface area contributed by atoms with E-state index in [1.807, 2.05) is 44.2 Å². The Morgan fingerprint density at radius 1 is 1.07 bits per heavy atom. The van der Waals surface area contributed by atoms with Crippen molar-refractivity contribution in [3.8, 4) is 0 Å². The predicted octanol–water partition coefficient (Wildman–Crippen LogP) is 2.78. The fourth-order valence-electron chi connectivity index (χ4n) is 6.20. The first kappa shape index (κ1) is 20.4. The standard InChI is InChI=1S/C24H35N3O2/c1-23(2,25)15-26-21(28)20(11-16-6-4-3-5-7-16)27-22(29)24-12-17-8-18(13-24)10-19(9-17)14-24/h3-7,17-20H,8-15,25H2,1-2H3,(H,26,28)(H,27,29). The topological polar surface area (TPSA) is 84.2 Å². The van der Waals surface area contributed by atoms with Crippen molar-refractivity contribution in [1.82, 2.24) is 10.6 Å². The summed E-state index contributed by atoms with van der Waals surface area (Å²) in [6, 6.07) is 9.33. The summed E-state index contributed by atoms with van der Waals surface area (Å²) in [4.78, 5) is 26.5. The minimum atomic E-state index is -0.569. The molecule has 158 valence electrons. The molecule has 0 aromatic heterocycles. The third-order valence-corrected chi connectivity index (χ3v) is 7.14. The van der Waals surface area contributed by atoms with Crippen LogP contribution < -0.4 is 16.4 Å². The highest BCUT2D eigenvalue weighted by Crippen LogP contribution is 2.60. The highest BCUT2D eigenvalue weighted by molar-refractivity contribution is 5.90. The monoisotopic (exact) mass is 397 g/mol. The van der Waals surface area contributed by atoms with Crippen LogP contribution in [0, 0.1) is 23.2 Å². The van der Waals surface area contributed by atoms with Gasteiger partial charge in [0.2, 0.25) is 11.8 Å². The van der Waals surface area contributed by atoms with Gasteiger partial charge in [-0.25, -0.2) is 0 Å². The molecule has 1 atom stereocenters. The molecule has 0 saturated heterocycles. The number of carbonyl (C=O) groups is 2. The van der Waals surface area contributed by atoms with E-state index in [1.165, 1.54) is 19.3 Å². The SMILES string of the molecule is CC(C)(N)CNC(=O)C(Cc1ccccc1)NC(=O)C12CC3CC(CC(C3)C1)C2. The lowest BCUT2D eigenvalue weighted by atomic mass is 9.49. The average molecular weight is 398 g/mol. The van der Waals surface area contributed by atoms with E-state index in [0.717, 1.165) is 24.8 Å². The Kier molecular flexibility index (Phi) is 5.45. The first-order valence-electron chi connectivity index (χ1n) is 11.1. The molecule has 4 N–H and O–H groups in total. The molecule has 0 radical (unpaired) electrons. The first-order chi connectivity index (χ1) is 13.7. The Morgan fingerprint density at radius 2 is 1.62 bits per heavy atom. The van der Waals surface area contributed by atoms with Crippen molar-refractivity contribution in [2.24, 2.45) is 28.9 Å².